The second-order valence-corrected chi connectivity index (χ2v) is 5.97. The second kappa shape index (κ2) is 8.21. The third kappa shape index (κ3) is 4.74. The molecule has 0 aliphatic heterocycles. The van der Waals surface area contributed by atoms with Crippen molar-refractivity contribution >= 4 is 34.2 Å². The lowest BCUT2D eigenvalue weighted by Gasteiger charge is -2.03. The van der Waals surface area contributed by atoms with Gasteiger partial charge in [0, 0.05) is 35.1 Å². The molecule has 0 atom stereocenters. The van der Waals surface area contributed by atoms with Crippen LogP contribution in [0.15, 0.2) is 60.2 Å². The van der Waals surface area contributed by atoms with Crippen molar-refractivity contribution in [2.45, 2.75) is 6.92 Å². The lowest BCUT2D eigenvalue weighted by molar-refractivity contribution is -0.137. The molecule has 0 saturated carbocycles. The molecule has 0 unspecified atom stereocenters. The summed E-state index contributed by atoms with van der Waals surface area (Å²) in [6.07, 6.45) is 6.69. The van der Waals surface area contributed by atoms with Gasteiger partial charge in [0.2, 0.25) is 0 Å². The maximum Gasteiger partial charge on any atom is 0.330 e. The molecule has 0 saturated heterocycles. The van der Waals surface area contributed by atoms with Crippen LogP contribution in [0, 0.1) is 0 Å². The van der Waals surface area contributed by atoms with Crippen LogP contribution in [0.25, 0.3) is 17.3 Å². The molecular weight excluding hydrogens is 334 g/mol. The Bertz CT molecular complexity index is 858. The van der Waals surface area contributed by atoms with Crippen LogP contribution in [0.3, 0.4) is 0 Å². The summed E-state index contributed by atoms with van der Waals surface area (Å²) in [7, 11) is 0. The zero-order valence-electron chi connectivity index (χ0n) is 13.7. The Hall–Kier alpha value is -2.99. The Labute approximate surface area is 150 Å². The van der Waals surface area contributed by atoms with Crippen LogP contribution in [-0.2, 0) is 9.53 Å². The third-order valence-electron chi connectivity index (χ3n) is 3.32. The van der Waals surface area contributed by atoms with Gasteiger partial charge in [0.25, 0.3) is 0 Å². The van der Waals surface area contributed by atoms with Crippen LogP contribution in [0.4, 0.5) is 10.8 Å². The van der Waals surface area contributed by atoms with Crippen LogP contribution in [0.1, 0.15) is 12.5 Å². The Kier molecular flexibility index (Phi) is 5.53. The minimum absolute atomic E-state index is 0.338. The molecule has 0 amide bonds. The number of ether oxygens (including phenoxy) is 1. The van der Waals surface area contributed by atoms with Crippen molar-refractivity contribution in [1.82, 2.24) is 9.97 Å². The van der Waals surface area contributed by atoms with Crippen molar-refractivity contribution in [3.8, 4) is 11.3 Å². The van der Waals surface area contributed by atoms with E-state index in [9.17, 15) is 4.79 Å². The molecule has 25 heavy (non-hydrogen) atoms. The number of nitrogens with one attached hydrogen (secondary N) is 1. The van der Waals surface area contributed by atoms with Gasteiger partial charge in [-0.2, -0.15) is 0 Å². The lowest BCUT2D eigenvalue weighted by atomic mass is 10.2. The molecular formula is C19H17N3O2S. The molecule has 3 aromatic rings. The highest BCUT2D eigenvalue weighted by Gasteiger charge is 2.04. The van der Waals surface area contributed by atoms with E-state index in [1.807, 2.05) is 41.8 Å². The Balaban J connectivity index is 1.64. The molecule has 0 radical (unpaired) electrons. The van der Waals surface area contributed by atoms with E-state index >= 15 is 0 Å². The van der Waals surface area contributed by atoms with Gasteiger partial charge in [-0.1, -0.05) is 12.1 Å². The second-order valence-electron chi connectivity index (χ2n) is 5.11. The zero-order chi connectivity index (χ0) is 17.5. The van der Waals surface area contributed by atoms with Crippen molar-refractivity contribution in [1.29, 1.82) is 0 Å². The first-order valence-corrected chi connectivity index (χ1v) is 8.70. The largest absolute Gasteiger partial charge is 0.463 e. The fraction of sp³-hybridized carbons (Fsp3) is 0.105. The van der Waals surface area contributed by atoms with E-state index < -0.39 is 0 Å². The summed E-state index contributed by atoms with van der Waals surface area (Å²) < 4.78 is 4.86. The van der Waals surface area contributed by atoms with Crippen LogP contribution < -0.4 is 5.32 Å². The van der Waals surface area contributed by atoms with E-state index in [2.05, 4.69) is 15.3 Å². The maximum atomic E-state index is 11.3. The summed E-state index contributed by atoms with van der Waals surface area (Å²) in [5, 5.41) is 6.09. The minimum Gasteiger partial charge on any atom is -0.463 e. The quantitative estimate of drug-likeness (QED) is 0.522. The van der Waals surface area contributed by atoms with Gasteiger partial charge in [-0.3, -0.25) is 4.98 Å². The number of benzene rings is 1. The number of esters is 1. The first-order chi connectivity index (χ1) is 12.2. The molecule has 6 heteroatoms. The molecule has 3 rings (SSSR count). The van der Waals surface area contributed by atoms with E-state index in [1.54, 1.807) is 25.4 Å². The molecule has 0 bridgehead atoms. The molecule has 0 fully saturated rings. The Morgan fingerprint density at radius 3 is 2.84 bits per heavy atom. The van der Waals surface area contributed by atoms with Crippen LogP contribution >= 0.6 is 11.3 Å². The topological polar surface area (TPSA) is 64.1 Å². The van der Waals surface area contributed by atoms with E-state index in [0.29, 0.717) is 6.61 Å². The predicted octanol–water partition coefficient (Wildman–Crippen LogP) is 4.53. The number of carbonyl (C=O) groups excluding carboxylic acids is 1. The highest BCUT2D eigenvalue weighted by molar-refractivity contribution is 7.14. The number of nitrogens with zero attached hydrogens (tertiary/aromatic N) is 2. The van der Waals surface area contributed by atoms with Crippen molar-refractivity contribution in [2.75, 3.05) is 11.9 Å². The fourth-order valence-electron chi connectivity index (χ4n) is 2.13. The van der Waals surface area contributed by atoms with Gasteiger partial charge < -0.3 is 10.1 Å². The molecule has 5 nitrogen and oxygen atoms in total. The highest BCUT2D eigenvalue weighted by Crippen LogP contribution is 2.26. The summed E-state index contributed by atoms with van der Waals surface area (Å²) in [5.74, 6) is -0.338. The lowest BCUT2D eigenvalue weighted by Crippen LogP contribution is -1.98. The van der Waals surface area contributed by atoms with Crippen molar-refractivity contribution < 1.29 is 9.53 Å². The average Bonchev–Trinajstić information content (AvgIpc) is 3.11. The number of anilines is 2. The molecule has 0 spiro atoms. The minimum atomic E-state index is -0.338. The summed E-state index contributed by atoms with van der Waals surface area (Å²) in [6, 6.07) is 11.6. The number of pyridine rings is 1. The normalized spacial score (nSPS) is 10.8. The fourth-order valence-corrected chi connectivity index (χ4v) is 2.87. The van der Waals surface area contributed by atoms with E-state index in [0.717, 1.165) is 27.6 Å². The third-order valence-corrected chi connectivity index (χ3v) is 4.08. The molecule has 0 aliphatic rings. The average molecular weight is 351 g/mol. The van der Waals surface area contributed by atoms with Gasteiger partial charge in [-0.05, 0) is 42.8 Å². The first kappa shape index (κ1) is 16.9. The van der Waals surface area contributed by atoms with Gasteiger partial charge in [0.15, 0.2) is 5.13 Å². The molecule has 2 aromatic heterocycles. The van der Waals surface area contributed by atoms with Crippen LogP contribution in [-0.4, -0.2) is 22.5 Å². The van der Waals surface area contributed by atoms with Gasteiger partial charge in [-0.25, -0.2) is 9.78 Å². The van der Waals surface area contributed by atoms with Crippen molar-refractivity contribution in [3.05, 3.63) is 65.8 Å². The first-order valence-electron chi connectivity index (χ1n) is 7.82. The molecule has 1 aromatic carbocycles. The SMILES string of the molecule is CCOC(=O)C=Cc1ccc(Nc2nc(-c3cccnc3)cs2)cc1. The van der Waals surface area contributed by atoms with Gasteiger partial charge in [-0.15, -0.1) is 11.3 Å². The monoisotopic (exact) mass is 351 g/mol. The number of rotatable bonds is 6. The number of hydrogen-bond donors (Lipinski definition) is 1. The molecule has 126 valence electrons. The predicted molar refractivity (Wildman–Crippen MR) is 101 cm³/mol. The Morgan fingerprint density at radius 2 is 2.12 bits per heavy atom. The zero-order valence-corrected chi connectivity index (χ0v) is 14.5. The van der Waals surface area contributed by atoms with E-state index in [1.165, 1.54) is 17.4 Å². The Morgan fingerprint density at radius 1 is 1.28 bits per heavy atom. The highest BCUT2D eigenvalue weighted by atomic mass is 32.1. The molecule has 1 N–H and O–H groups in total. The van der Waals surface area contributed by atoms with Crippen LogP contribution in [0.2, 0.25) is 0 Å². The van der Waals surface area contributed by atoms with Crippen molar-refractivity contribution in [3.63, 3.8) is 0 Å². The summed E-state index contributed by atoms with van der Waals surface area (Å²) >= 11 is 1.54. The smallest absolute Gasteiger partial charge is 0.330 e. The standard InChI is InChI=1S/C19H17N3O2S/c1-2-24-18(23)10-7-14-5-8-16(9-6-14)21-19-22-17(13-25-19)15-4-3-11-20-12-15/h3-13H,2H2,1H3,(H,21,22). The van der Waals surface area contributed by atoms with Gasteiger partial charge in [0.1, 0.15) is 0 Å². The molecule has 2 heterocycles. The summed E-state index contributed by atoms with van der Waals surface area (Å²) in [4.78, 5) is 20.0. The van der Waals surface area contributed by atoms with Crippen molar-refractivity contribution in [2.24, 2.45) is 0 Å². The molecule has 0 aliphatic carbocycles. The number of hydrogen-bond acceptors (Lipinski definition) is 6. The maximum absolute atomic E-state index is 11.3. The van der Waals surface area contributed by atoms with Crippen LogP contribution in [0.5, 0.6) is 0 Å². The number of thiazole rings is 1. The summed E-state index contributed by atoms with van der Waals surface area (Å²) in [6.45, 7) is 2.16. The van der Waals surface area contributed by atoms with Gasteiger partial charge in [0.05, 0.1) is 12.3 Å². The number of aromatic nitrogens is 2. The van der Waals surface area contributed by atoms with E-state index in [4.69, 9.17) is 4.74 Å². The van der Waals surface area contributed by atoms with E-state index in [-0.39, 0.29) is 5.97 Å². The van der Waals surface area contributed by atoms with Gasteiger partial charge >= 0.3 is 5.97 Å². The summed E-state index contributed by atoms with van der Waals surface area (Å²) in [5.41, 5.74) is 3.75. The number of carbonyl (C=O) groups is 1.